The molecule has 2 rings (SSSR count). The minimum absolute atomic E-state index is 0.327. The van der Waals surface area contributed by atoms with Crippen molar-refractivity contribution in [1.82, 2.24) is 20.5 Å². The Bertz CT molecular complexity index is 483. The van der Waals surface area contributed by atoms with Gasteiger partial charge in [-0.25, -0.2) is 9.37 Å². The maximum atomic E-state index is 12.7. The van der Waals surface area contributed by atoms with Gasteiger partial charge in [-0.2, -0.15) is 0 Å². The number of pyridine rings is 1. The molecule has 0 spiro atoms. The molecule has 6 heteroatoms. The van der Waals surface area contributed by atoms with Gasteiger partial charge in [0.1, 0.15) is 11.5 Å². The van der Waals surface area contributed by atoms with Crippen molar-refractivity contribution in [3.05, 3.63) is 30.0 Å². The number of nitrogens with one attached hydrogen (secondary N) is 1. The molecule has 2 aromatic rings. The maximum absolute atomic E-state index is 12.7. The summed E-state index contributed by atoms with van der Waals surface area (Å²) in [5.74, 6) is 0.520. The van der Waals surface area contributed by atoms with E-state index in [0.717, 1.165) is 32.1 Å². The van der Waals surface area contributed by atoms with E-state index in [-0.39, 0.29) is 5.82 Å². The summed E-state index contributed by atoms with van der Waals surface area (Å²) in [7, 11) is 0. The lowest BCUT2D eigenvalue weighted by atomic mass is 10.3. The number of aryl methyl sites for hydroxylation is 1. The van der Waals surface area contributed by atoms with Gasteiger partial charge in [0.25, 0.3) is 5.89 Å². The van der Waals surface area contributed by atoms with Gasteiger partial charge in [0.15, 0.2) is 0 Å². The molecule has 0 unspecified atom stereocenters. The van der Waals surface area contributed by atoms with Gasteiger partial charge < -0.3 is 9.73 Å². The average molecular weight is 250 g/mol. The fraction of sp³-hybridized carbons (Fsp3) is 0.417. The molecular formula is C12H15FN4O. The summed E-state index contributed by atoms with van der Waals surface area (Å²) in [5, 5.41) is 11.0. The van der Waals surface area contributed by atoms with Crippen LogP contribution in [0.2, 0.25) is 0 Å². The van der Waals surface area contributed by atoms with E-state index in [2.05, 4.69) is 27.4 Å². The molecule has 0 atom stereocenters. The van der Waals surface area contributed by atoms with E-state index in [0.29, 0.717) is 17.5 Å². The monoisotopic (exact) mass is 250 g/mol. The molecule has 0 aromatic carbocycles. The zero-order valence-electron chi connectivity index (χ0n) is 10.2. The van der Waals surface area contributed by atoms with Crippen LogP contribution in [0.1, 0.15) is 19.2 Å². The Labute approximate surface area is 104 Å². The van der Waals surface area contributed by atoms with E-state index in [1.165, 1.54) is 12.1 Å². The van der Waals surface area contributed by atoms with Gasteiger partial charge in [-0.3, -0.25) is 0 Å². The van der Waals surface area contributed by atoms with Crippen molar-refractivity contribution in [3.8, 4) is 11.6 Å². The second-order valence-electron chi connectivity index (χ2n) is 3.82. The number of aromatic nitrogens is 3. The van der Waals surface area contributed by atoms with Crippen LogP contribution in [0.15, 0.2) is 22.7 Å². The minimum atomic E-state index is -0.385. The Balaban J connectivity index is 1.95. The van der Waals surface area contributed by atoms with Crippen LogP contribution in [-0.2, 0) is 6.42 Å². The van der Waals surface area contributed by atoms with Gasteiger partial charge in [0.05, 0.1) is 6.20 Å². The Morgan fingerprint density at radius 3 is 2.94 bits per heavy atom. The first-order valence-corrected chi connectivity index (χ1v) is 5.94. The molecule has 5 nitrogen and oxygen atoms in total. The number of hydrogen-bond acceptors (Lipinski definition) is 5. The molecule has 0 amide bonds. The van der Waals surface area contributed by atoms with Crippen molar-refractivity contribution in [2.24, 2.45) is 0 Å². The fourth-order valence-corrected chi connectivity index (χ4v) is 1.50. The molecule has 2 heterocycles. The molecule has 0 aliphatic rings. The maximum Gasteiger partial charge on any atom is 0.266 e. The molecule has 2 aromatic heterocycles. The lowest BCUT2D eigenvalue weighted by Gasteiger charge is -1.97. The van der Waals surface area contributed by atoms with Crippen LogP contribution in [0.25, 0.3) is 11.6 Å². The van der Waals surface area contributed by atoms with E-state index < -0.39 is 0 Å². The normalized spacial score (nSPS) is 10.8. The number of nitrogens with zero attached hydrogens (tertiary/aromatic N) is 3. The molecule has 0 radical (unpaired) electrons. The lowest BCUT2D eigenvalue weighted by Crippen LogP contribution is -2.14. The van der Waals surface area contributed by atoms with Crippen molar-refractivity contribution in [2.75, 3.05) is 13.1 Å². The van der Waals surface area contributed by atoms with Crippen LogP contribution >= 0.6 is 0 Å². The fourth-order valence-electron chi connectivity index (χ4n) is 1.50. The molecule has 96 valence electrons. The van der Waals surface area contributed by atoms with Crippen molar-refractivity contribution in [3.63, 3.8) is 0 Å². The molecule has 0 bridgehead atoms. The second kappa shape index (κ2) is 6.20. The summed E-state index contributed by atoms with van der Waals surface area (Å²) in [6.45, 7) is 3.93. The van der Waals surface area contributed by atoms with Gasteiger partial charge in [0, 0.05) is 6.42 Å². The summed E-state index contributed by atoms with van der Waals surface area (Å²) >= 11 is 0. The van der Waals surface area contributed by atoms with Gasteiger partial charge in [-0.1, -0.05) is 6.92 Å². The molecule has 0 saturated carbocycles. The third-order valence-electron chi connectivity index (χ3n) is 2.41. The molecule has 18 heavy (non-hydrogen) atoms. The molecule has 0 saturated heterocycles. The van der Waals surface area contributed by atoms with Crippen molar-refractivity contribution >= 4 is 0 Å². The first kappa shape index (κ1) is 12.6. The van der Waals surface area contributed by atoms with Gasteiger partial charge in [-0.05, 0) is 31.6 Å². The summed E-state index contributed by atoms with van der Waals surface area (Å²) in [4.78, 5) is 3.89. The summed E-state index contributed by atoms with van der Waals surface area (Å²) < 4.78 is 18.2. The SMILES string of the molecule is CCNCCCc1nnc(-c2ccc(F)cn2)o1. The smallest absolute Gasteiger partial charge is 0.266 e. The van der Waals surface area contributed by atoms with Crippen molar-refractivity contribution in [1.29, 1.82) is 0 Å². The Morgan fingerprint density at radius 2 is 2.22 bits per heavy atom. The summed E-state index contributed by atoms with van der Waals surface area (Å²) in [5.41, 5.74) is 0.488. The number of rotatable bonds is 6. The summed E-state index contributed by atoms with van der Waals surface area (Å²) in [6.07, 6.45) is 2.79. The largest absolute Gasteiger partial charge is 0.419 e. The van der Waals surface area contributed by atoms with Crippen LogP contribution < -0.4 is 5.32 Å². The highest BCUT2D eigenvalue weighted by Gasteiger charge is 2.09. The Morgan fingerprint density at radius 1 is 1.33 bits per heavy atom. The minimum Gasteiger partial charge on any atom is -0.419 e. The second-order valence-corrected chi connectivity index (χ2v) is 3.82. The van der Waals surface area contributed by atoms with E-state index in [1.807, 2.05) is 0 Å². The quantitative estimate of drug-likeness (QED) is 0.792. The highest BCUT2D eigenvalue weighted by molar-refractivity contribution is 5.45. The van der Waals surface area contributed by atoms with Crippen molar-refractivity contribution < 1.29 is 8.81 Å². The Kier molecular flexibility index (Phi) is 4.35. The van der Waals surface area contributed by atoms with Crippen LogP contribution in [0, 0.1) is 5.82 Å². The number of hydrogen-bond donors (Lipinski definition) is 1. The summed E-state index contributed by atoms with van der Waals surface area (Å²) in [6, 6.07) is 2.84. The van der Waals surface area contributed by atoms with E-state index >= 15 is 0 Å². The third kappa shape index (κ3) is 3.33. The highest BCUT2D eigenvalue weighted by atomic mass is 19.1. The molecule has 1 N–H and O–H groups in total. The molecule has 0 aliphatic carbocycles. The predicted molar refractivity (Wildman–Crippen MR) is 64.4 cm³/mol. The third-order valence-corrected chi connectivity index (χ3v) is 2.41. The molecule has 0 fully saturated rings. The molecular weight excluding hydrogens is 235 g/mol. The standard InChI is InChI=1S/C12H15FN4O/c1-2-14-7-3-4-11-16-17-12(18-11)10-6-5-9(13)8-15-10/h5-6,8,14H,2-4,7H2,1H3. The van der Waals surface area contributed by atoms with Crippen LogP contribution in [0.3, 0.4) is 0 Å². The highest BCUT2D eigenvalue weighted by Crippen LogP contribution is 2.15. The number of halogens is 1. The van der Waals surface area contributed by atoms with E-state index in [9.17, 15) is 4.39 Å². The predicted octanol–water partition coefficient (Wildman–Crippen LogP) is 1.81. The average Bonchev–Trinajstić information content (AvgIpc) is 2.84. The van der Waals surface area contributed by atoms with E-state index in [4.69, 9.17) is 4.42 Å². The molecule has 0 aliphatic heterocycles. The lowest BCUT2D eigenvalue weighted by molar-refractivity contribution is 0.491. The Hall–Kier alpha value is -1.82. The zero-order chi connectivity index (χ0) is 12.8. The van der Waals surface area contributed by atoms with Crippen molar-refractivity contribution in [2.45, 2.75) is 19.8 Å². The van der Waals surface area contributed by atoms with Crippen LogP contribution in [0.5, 0.6) is 0 Å². The van der Waals surface area contributed by atoms with Gasteiger partial charge >= 0.3 is 0 Å². The van der Waals surface area contributed by atoms with E-state index in [1.54, 1.807) is 0 Å². The first-order valence-electron chi connectivity index (χ1n) is 5.94. The van der Waals surface area contributed by atoms with Crippen LogP contribution in [-0.4, -0.2) is 28.3 Å². The topological polar surface area (TPSA) is 63.8 Å². The first-order chi connectivity index (χ1) is 8.79. The van der Waals surface area contributed by atoms with Gasteiger partial charge in [0.2, 0.25) is 5.89 Å². The zero-order valence-corrected chi connectivity index (χ0v) is 10.2. The van der Waals surface area contributed by atoms with Crippen LogP contribution in [0.4, 0.5) is 4.39 Å². The van der Waals surface area contributed by atoms with Gasteiger partial charge in [-0.15, -0.1) is 10.2 Å².